The fraction of sp³-hybridized carbons (Fsp3) is 0.625. The van der Waals surface area contributed by atoms with E-state index in [1.54, 1.807) is 6.07 Å². The number of nitrogens with zero attached hydrogens (tertiary/aromatic N) is 1. The van der Waals surface area contributed by atoms with Crippen LogP contribution in [0.15, 0.2) is 18.2 Å². The van der Waals surface area contributed by atoms with Gasteiger partial charge in [0.1, 0.15) is 5.82 Å². The third-order valence-electron chi connectivity index (χ3n) is 4.20. The number of anilines is 1. The smallest absolute Gasteiger partial charge is 0.146 e. The molecule has 0 aromatic heterocycles. The Bertz CT molecular complexity index is 398. The van der Waals surface area contributed by atoms with Crippen molar-refractivity contribution < 1.29 is 4.39 Å². The summed E-state index contributed by atoms with van der Waals surface area (Å²) in [7, 11) is 2.02. The van der Waals surface area contributed by atoms with E-state index >= 15 is 0 Å². The quantitative estimate of drug-likeness (QED) is 0.844. The zero-order valence-corrected chi connectivity index (χ0v) is 11.9. The maximum absolute atomic E-state index is 14.2. The van der Waals surface area contributed by atoms with E-state index in [4.69, 9.17) is 5.73 Å². The molecule has 1 saturated carbocycles. The molecule has 0 bridgehead atoms. The minimum atomic E-state index is -0.113. The Morgan fingerprint density at radius 2 is 1.89 bits per heavy atom. The lowest BCUT2D eigenvalue weighted by Gasteiger charge is -2.29. The molecular formula is C16H25FN2. The third-order valence-corrected chi connectivity index (χ3v) is 4.20. The van der Waals surface area contributed by atoms with E-state index in [1.165, 1.54) is 38.5 Å². The van der Waals surface area contributed by atoms with Crippen LogP contribution < -0.4 is 10.6 Å². The van der Waals surface area contributed by atoms with E-state index in [0.717, 1.165) is 17.7 Å². The molecule has 0 spiro atoms. The number of hydrogen-bond donors (Lipinski definition) is 1. The molecule has 0 aliphatic heterocycles. The minimum Gasteiger partial charge on any atom is -0.369 e. The molecule has 1 aromatic rings. The van der Waals surface area contributed by atoms with Crippen molar-refractivity contribution in [3.05, 3.63) is 29.6 Å². The predicted octanol–water partition coefficient (Wildman–Crippen LogP) is 3.49. The average molecular weight is 264 g/mol. The van der Waals surface area contributed by atoms with Gasteiger partial charge in [0.25, 0.3) is 0 Å². The lowest BCUT2D eigenvalue weighted by atomic mass is 10.1. The summed E-state index contributed by atoms with van der Waals surface area (Å²) < 4.78 is 14.2. The van der Waals surface area contributed by atoms with Gasteiger partial charge in [-0.1, -0.05) is 31.7 Å². The molecule has 2 rings (SSSR count). The van der Waals surface area contributed by atoms with Gasteiger partial charge in [0.15, 0.2) is 0 Å². The molecule has 0 radical (unpaired) electrons. The molecule has 0 saturated heterocycles. The molecule has 0 atom stereocenters. The van der Waals surface area contributed by atoms with E-state index in [-0.39, 0.29) is 5.82 Å². The van der Waals surface area contributed by atoms with Crippen LogP contribution in [0.5, 0.6) is 0 Å². The molecular weight excluding hydrogens is 239 g/mol. The molecule has 106 valence electrons. The van der Waals surface area contributed by atoms with Gasteiger partial charge in [-0.25, -0.2) is 4.39 Å². The van der Waals surface area contributed by atoms with Gasteiger partial charge < -0.3 is 10.6 Å². The van der Waals surface area contributed by atoms with Gasteiger partial charge in [-0.3, -0.25) is 0 Å². The van der Waals surface area contributed by atoms with Gasteiger partial charge in [0.05, 0.1) is 5.69 Å². The van der Waals surface area contributed by atoms with Crippen LogP contribution in [-0.2, 0) is 6.42 Å². The summed E-state index contributed by atoms with van der Waals surface area (Å²) in [5, 5.41) is 0. The SMILES string of the molecule is CN(c1ccc(CCN)cc1F)C1CCCCCC1. The predicted molar refractivity (Wildman–Crippen MR) is 79.1 cm³/mol. The summed E-state index contributed by atoms with van der Waals surface area (Å²) in [6, 6.07) is 6.02. The maximum Gasteiger partial charge on any atom is 0.146 e. The fourth-order valence-corrected chi connectivity index (χ4v) is 3.00. The van der Waals surface area contributed by atoms with Crippen molar-refractivity contribution in [1.29, 1.82) is 0 Å². The highest BCUT2D eigenvalue weighted by Gasteiger charge is 2.19. The first kappa shape index (κ1) is 14.3. The van der Waals surface area contributed by atoms with Gasteiger partial charge in [-0.2, -0.15) is 0 Å². The number of halogens is 1. The second-order valence-corrected chi connectivity index (χ2v) is 5.58. The van der Waals surface area contributed by atoms with Gasteiger partial charge in [0.2, 0.25) is 0 Å². The van der Waals surface area contributed by atoms with Crippen LogP contribution in [-0.4, -0.2) is 19.6 Å². The van der Waals surface area contributed by atoms with Crippen molar-refractivity contribution in [3.63, 3.8) is 0 Å². The van der Waals surface area contributed by atoms with E-state index in [2.05, 4.69) is 4.90 Å². The normalized spacial score (nSPS) is 17.2. The van der Waals surface area contributed by atoms with E-state index in [1.807, 2.05) is 19.2 Å². The summed E-state index contributed by atoms with van der Waals surface area (Å²) in [4.78, 5) is 2.13. The Labute approximate surface area is 115 Å². The number of nitrogens with two attached hydrogens (primary N) is 1. The van der Waals surface area contributed by atoms with Gasteiger partial charge in [0, 0.05) is 13.1 Å². The molecule has 19 heavy (non-hydrogen) atoms. The first-order chi connectivity index (χ1) is 9.22. The molecule has 1 aliphatic rings. The fourth-order valence-electron chi connectivity index (χ4n) is 3.00. The Morgan fingerprint density at radius 1 is 1.21 bits per heavy atom. The molecule has 1 aromatic carbocycles. The summed E-state index contributed by atoms with van der Waals surface area (Å²) in [5.74, 6) is -0.113. The highest BCUT2D eigenvalue weighted by atomic mass is 19.1. The van der Waals surface area contributed by atoms with E-state index in [0.29, 0.717) is 12.6 Å². The van der Waals surface area contributed by atoms with Crippen molar-refractivity contribution in [2.24, 2.45) is 5.73 Å². The molecule has 0 amide bonds. The van der Waals surface area contributed by atoms with Crippen molar-refractivity contribution in [1.82, 2.24) is 0 Å². The highest BCUT2D eigenvalue weighted by Crippen LogP contribution is 2.27. The third kappa shape index (κ3) is 3.69. The van der Waals surface area contributed by atoms with E-state index in [9.17, 15) is 4.39 Å². The van der Waals surface area contributed by atoms with Gasteiger partial charge >= 0.3 is 0 Å². The summed E-state index contributed by atoms with van der Waals surface area (Å²) in [5.41, 5.74) is 7.22. The van der Waals surface area contributed by atoms with Gasteiger partial charge in [-0.15, -0.1) is 0 Å². The van der Waals surface area contributed by atoms with Crippen LogP contribution in [0, 0.1) is 5.82 Å². The second-order valence-electron chi connectivity index (χ2n) is 5.58. The zero-order chi connectivity index (χ0) is 13.7. The monoisotopic (exact) mass is 264 g/mol. The Hall–Kier alpha value is -1.09. The van der Waals surface area contributed by atoms with Crippen LogP contribution in [0.1, 0.15) is 44.1 Å². The Morgan fingerprint density at radius 3 is 2.47 bits per heavy atom. The lowest BCUT2D eigenvalue weighted by Crippen LogP contribution is -2.31. The first-order valence-corrected chi connectivity index (χ1v) is 7.43. The standard InChI is InChI=1S/C16H25FN2/c1-19(14-6-4-2-3-5-7-14)16-9-8-13(10-11-18)12-15(16)17/h8-9,12,14H,2-7,10-11,18H2,1H3. The summed E-state index contributed by atoms with van der Waals surface area (Å²) >= 11 is 0. The van der Waals surface area contributed by atoms with Crippen molar-refractivity contribution in [3.8, 4) is 0 Å². The average Bonchev–Trinajstić information content (AvgIpc) is 2.67. The topological polar surface area (TPSA) is 29.3 Å². The minimum absolute atomic E-state index is 0.113. The zero-order valence-electron chi connectivity index (χ0n) is 11.9. The van der Waals surface area contributed by atoms with Crippen molar-refractivity contribution >= 4 is 5.69 Å². The Kier molecular flexibility index (Phi) is 5.20. The molecule has 2 nitrogen and oxygen atoms in total. The van der Waals surface area contributed by atoms with Crippen LogP contribution >= 0.6 is 0 Å². The van der Waals surface area contributed by atoms with E-state index < -0.39 is 0 Å². The highest BCUT2D eigenvalue weighted by molar-refractivity contribution is 5.49. The molecule has 1 fully saturated rings. The summed E-state index contributed by atoms with van der Waals surface area (Å²) in [6.45, 7) is 0.567. The van der Waals surface area contributed by atoms with Crippen LogP contribution in [0.25, 0.3) is 0 Å². The number of rotatable bonds is 4. The molecule has 3 heteroatoms. The van der Waals surface area contributed by atoms with Crippen LogP contribution in [0.4, 0.5) is 10.1 Å². The molecule has 0 unspecified atom stereocenters. The Balaban J connectivity index is 2.11. The van der Waals surface area contributed by atoms with Crippen molar-refractivity contribution in [2.45, 2.75) is 51.0 Å². The molecule has 2 N–H and O–H groups in total. The summed E-state index contributed by atoms with van der Waals surface area (Å²) in [6.07, 6.45) is 8.28. The molecule has 1 aliphatic carbocycles. The first-order valence-electron chi connectivity index (χ1n) is 7.43. The second kappa shape index (κ2) is 6.90. The maximum atomic E-state index is 14.2. The van der Waals surface area contributed by atoms with Crippen molar-refractivity contribution in [2.75, 3.05) is 18.5 Å². The molecule has 0 heterocycles. The number of hydrogen-bond acceptors (Lipinski definition) is 2. The van der Waals surface area contributed by atoms with Crippen LogP contribution in [0.3, 0.4) is 0 Å². The van der Waals surface area contributed by atoms with Gasteiger partial charge in [-0.05, 0) is 43.5 Å². The largest absolute Gasteiger partial charge is 0.369 e. The lowest BCUT2D eigenvalue weighted by molar-refractivity contribution is 0.537. The van der Waals surface area contributed by atoms with Crippen LogP contribution in [0.2, 0.25) is 0 Å². The number of benzene rings is 1.